The number of benzene rings is 1. The van der Waals surface area contributed by atoms with Gasteiger partial charge in [0.2, 0.25) is 15.9 Å². The summed E-state index contributed by atoms with van der Waals surface area (Å²) in [5.41, 5.74) is 5.05. The Bertz CT molecular complexity index is 745. The van der Waals surface area contributed by atoms with Crippen LogP contribution in [-0.4, -0.2) is 43.8 Å². The highest BCUT2D eigenvalue weighted by Crippen LogP contribution is 2.26. The lowest BCUT2D eigenvalue weighted by molar-refractivity contribution is -0.127. The predicted molar refractivity (Wildman–Crippen MR) is 89.1 cm³/mol. The molecule has 25 heavy (non-hydrogen) atoms. The molecule has 1 aliphatic heterocycles. The summed E-state index contributed by atoms with van der Waals surface area (Å²) in [5.74, 6) is -2.33. The summed E-state index contributed by atoms with van der Waals surface area (Å²) >= 11 is 0. The summed E-state index contributed by atoms with van der Waals surface area (Å²) in [6.45, 7) is 4.03. The smallest absolute Gasteiger partial charge is 0.246 e. The van der Waals surface area contributed by atoms with Gasteiger partial charge in [0.1, 0.15) is 16.5 Å². The normalized spacial score (nSPS) is 17.5. The first-order valence-electron chi connectivity index (χ1n) is 8.04. The molecule has 1 aliphatic rings. The fraction of sp³-hybridized carbons (Fsp3) is 0.562. The molecule has 1 aromatic carbocycles. The van der Waals surface area contributed by atoms with E-state index in [0.717, 1.165) is 16.4 Å². The Morgan fingerprint density at radius 1 is 1.32 bits per heavy atom. The molecule has 0 aliphatic carbocycles. The maximum Gasteiger partial charge on any atom is 0.246 e. The molecule has 0 spiro atoms. The van der Waals surface area contributed by atoms with Crippen molar-refractivity contribution in [1.29, 1.82) is 0 Å². The SMILES string of the molecule is CC(C)(CN)NC(=O)C1CCN(S(=O)(=O)c2cc(F)ccc2F)CC1. The molecule has 3 N–H and O–H groups in total. The highest BCUT2D eigenvalue weighted by Gasteiger charge is 2.34. The van der Waals surface area contributed by atoms with E-state index in [-0.39, 0.29) is 31.5 Å². The van der Waals surface area contributed by atoms with E-state index in [2.05, 4.69) is 5.32 Å². The van der Waals surface area contributed by atoms with Crippen LogP contribution in [0.4, 0.5) is 8.78 Å². The molecule has 0 radical (unpaired) electrons. The summed E-state index contributed by atoms with van der Waals surface area (Å²) in [7, 11) is -4.14. The Morgan fingerprint density at radius 3 is 2.48 bits per heavy atom. The van der Waals surface area contributed by atoms with Gasteiger partial charge in [0, 0.05) is 31.1 Å². The van der Waals surface area contributed by atoms with Gasteiger partial charge >= 0.3 is 0 Å². The zero-order valence-corrected chi connectivity index (χ0v) is 15.1. The van der Waals surface area contributed by atoms with Crippen molar-refractivity contribution in [3.05, 3.63) is 29.8 Å². The first kappa shape index (κ1) is 19.7. The van der Waals surface area contributed by atoms with E-state index < -0.39 is 32.1 Å². The van der Waals surface area contributed by atoms with Crippen molar-refractivity contribution < 1.29 is 22.0 Å². The molecular weight excluding hydrogens is 352 g/mol. The quantitative estimate of drug-likeness (QED) is 0.809. The maximum atomic E-state index is 13.8. The van der Waals surface area contributed by atoms with Crippen LogP contribution in [0, 0.1) is 17.6 Å². The number of nitrogens with zero attached hydrogens (tertiary/aromatic N) is 1. The molecule has 1 heterocycles. The lowest BCUT2D eigenvalue weighted by Crippen LogP contribution is -2.52. The fourth-order valence-electron chi connectivity index (χ4n) is 2.66. The molecule has 2 rings (SSSR count). The van der Waals surface area contributed by atoms with Crippen molar-refractivity contribution in [2.45, 2.75) is 37.1 Å². The number of rotatable bonds is 5. The standard InChI is InChI=1S/C16H23F2N3O3S/c1-16(2,10-19)20-15(22)11-5-7-21(8-6-11)25(23,24)14-9-12(17)3-4-13(14)18/h3-4,9,11H,5-8,10,19H2,1-2H3,(H,20,22). The molecule has 140 valence electrons. The Hall–Kier alpha value is -1.58. The summed E-state index contributed by atoms with van der Waals surface area (Å²) in [6, 6.07) is 2.33. The minimum atomic E-state index is -4.14. The largest absolute Gasteiger partial charge is 0.350 e. The third-order valence-electron chi connectivity index (χ3n) is 4.31. The van der Waals surface area contributed by atoms with Crippen molar-refractivity contribution in [2.75, 3.05) is 19.6 Å². The van der Waals surface area contributed by atoms with E-state index in [4.69, 9.17) is 5.73 Å². The molecule has 0 atom stereocenters. The average Bonchev–Trinajstić information content (AvgIpc) is 2.56. The Morgan fingerprint density at radius 2 is 1.92 bits per heavy atom. The molecule has 6 nitrogen and oxygen atoms in total. The van der Waals surface area contributed by atoms with Crippen LogP contribution in [0.15, 0.2) is 23.1 Å². The number of nitrogens with two attached hydrogens (primary N) is 1. The topological polar surface area (TPSA) is 92.5 Å². The number of halogens is 2. The van der Waals surface area contributed by atoms with Gasteiger partial charge in [0.05, 0.1) is 0 Å². The molecule has 1 aromatic rings. The number of hydrogen-bond acceptors (Lipinski definition) is 4. The first-order valence-corrected chi connectivity index (χ1v) is 9.48. The van der Waals surface area contributed by atoms with E-state index in [1.165, 1.54) is 0 Å². The number of hydrogen-bond donors (Lipinski definition) is 2. The van der Waals surface area contributed by atoms with Crippen molar-refractivity contribution in [2.24, 2.45) is 11.7 Å². The molecule has 1 amide bonds. The minimum absolute atomic E-state index is 0.0689. The highest BCUT2D eigenvalue weighted by atomic mass is 32.2. The van der Waals surface area contributed by atoms with Gasteiger partial charge in [-0.1, -0.05) is 0 Å². The zero-order chi connectivity index (χ0) is 18.8. The zero-order valence-electron chi connectivity index (χ0n) is 14.3. The van der Waals surface area contributed by atoms with Crippen LogP contribution in [0.3, 0.4) is 0 Å². The molecule has 0 bridgehead atoms. The lowest BCUT2D eigenvalue weighted by Gasteiger charge is -2.33. The summed E-state index contributed by atoms with van der Waals surface area (Å²) in [5, 5.41) is 2.84. The van der Waals surface area contributed by atoms with E-state index in [1.807, 2.05) is 0 Å². The predicted octanol–water partition coefficient (Wildman–Crippen LogP) is 1.22. The van der Waals surface area contributed by atoms with Crippen molar-refractivity contribution >= 4 is 15.9 Å². The third-order valence-corrected chi connectivity index (χ3v) is 6.22. The third kappa shape index (κ3) is 4.53. The van der Waals surface area contributed by atoms with Gasteiger partial charge < -0.3 is 11.1 Å². The summed E-state index contributed by atoms with van der Waals surface area (Å²) in [4.78, 5) is 11.6. The van der Waals surface area contributed by atoms with Crippen LogP contribution in [0.2, 0.25) is 0 Å². The monoisotopic (exact) mass is 375 g/mol. The molecule has 1 fully saturated rings. The molecular formula is C16H23F2N3O3S. The lowest BCUT2D eigenvalue weighted by atomic mass is 9.95. The molecule has 1 saturated heterocycles. The second kappa shape index (κ2) is 7.35. The van der Waals surface area contributed by atoms with Crippen molar-refractivity contribution in [3.63, 3.8) is 0 Å². The van der Waals surface area contributed by atoms with E-state index in [9.17, 15) is 22.0 Å². The number of carbonyl (C=O) groups is 1. The summed E-state index contributed by atoms with van der Waals surface area (Å²) in [6.07, 6.45) is 0.616. The number of sulfonamides is 1. The van der Waals surface area contributed by atoms with Crippen LogP contribution in [0.1, 0.15) is 26.7 Å². The van der Waals surface area contributed by atoms with Crippen LogP contribution in [0.5, 0.6) is 0 Å². The van der Waals surface area contributed by atoms with Crippen LogP contribution in [-0.2, 0) is 14.8 Å². The van der Waals surface area contributed by atoms with Gasteiger partial charge in [-0.15, -0.1) is 0 Å². The van der Waals surface area contributed by atoms with Crippen LogP contribution < -0.4 is 11.1 Å². The highest BCUT2D eigenvalue weighted by molar-refractivity contribution is 7.89. The Balaban J connectivity index is 2.06. The summed E-state index contributed by atoms with van der Waals surface area (Å²) < 4.78 is 53.2. The number of piperidine rings is 1. The van der Waals surface area contributed by atoms with Gasteiger partial charge in [-0.25, -0.2) is 17.2 Å². The van der Waals surface area contributed by atoms with Gasteiger partial charge in [0.25, 0.3) is 0 Å². The molecule has 0 saturated carbocycles. The van der Waals surface area contributed by atoms with Gasteiger partial charge in [-0.05, 0) is 44.9 Å². The van der Waals surface area contributed by atoms with Crippen LogP contribution >= 0.6 is 0 Å². The van der Waals surface area contributed by atoms with Gasteiger partial charge in [0.15, 0.2) is 0 Å². The molecule has 0 unspecified atom stereocenters. The second-order valence-corrected chi connectivity index (χ2v) is 8.74. The molecule has 0 aromatic heterocycles. The van der Waals surface area contributed by atoms with E-state index >= 15 is 0 Å². The van der Waals surface area contributed by atoms with Crippen LogP contribution in [0.25, 0.3) is 0 Å². The fourth-order valence-corrected chi connectivity index (χ4v) is 4.20. The maximum absolute atomic E-state index is 13.8. The second-order valence-electron chi connectivity index (χ2n) is 6.83. The van der Waals surface area contributed by atoms with Gasteiger partial charge in [-0.2, -0.15) is 4.31 Å². The Kier molecular flexibility index (Phi) is 5.80. The van der Waals surface area contributed by atoms with Crippen molar-refractivity contribution in [1.82, 2.24) is 9.62 Å². The number of nitrogens with one attached hydrogen (secondary N) is 1. The van der Waals surface area contributed by atoms with Gasteiger partial charge in [-0.3, -0.25) is 4.79 Å². The average molecular weight is 375 g/mol. The van der Waals surface area contributed by atoms with Crippen molar-refractivity contribution in [3.8, 4) is 0 Å². The Labute approximate surface area is 146 Å². The van der Waals surface area contributed by atoms with E-state index in [1.54, 1.807) is 13.8 Å². The first-order chi connectivity index (χ1) is 11.6. The minimum Gasteiger partial charge on any atom is -0.350 e. The number of carbonyl (C=O) groups excluding carboxylic acids is 1. The molecule has 9 heteroatoms. The van der Waals surface area contributed by atoms with E-state index in [0.29, 0.717) is 18.9 Å². The number of amides is 1.